The van der Waals surface area contributed by atoms with E-state index in [1.54, 1.807) is 0 Å². The van der Waals surface area contributed by atoms with Gasteiger partial charge in [-0.3, -0.25) is 4.79 Å². The van der Waals surface area contributed by atoms with Crippen molar-refractivity contribution in [2.75, 3.05) is 11.9 Å². The first-order valence-corrected chi connectivity index (χ1v) is 9.25. The SMILES string of the molecule is CC(O)C(CO)Nc1nc(SCc2cccc(F)c2F)nc2[nH]c(=O)cnc12. The van der Waals surface area contributed by atoms with Crippen LogP contribution in [-0.4, -0.2) is 48.9 Å². The summed E-state index contributed by atoms with van der Waals surface area (Å²) in [6.07, 6.45) is 0.164. The molecule has 2 unspecified atom stereocenters. The van der Waals surface area contributed by atoms with Gasteiger partial charge in [-0.2, -0.15) is 0 Å². The Morgan fingerprint density at radius 2 is 2.11 bits per heavy atom. The fourth-order valence-electron chi connectivity index (χ4n) is 2.38. The highest BCUT2D eigenvalue weighted by molar-refractivity contribution is 7.98. The molecule has 3 rings (SSSR count). The van der Waals surface area contributed by atoms with Gasteiger partial charge in [0.1, 0.15) is 5.52 Å². The van der Waals surface area contributed by atoms with Crippen molar-refractivity contribution < 1.29 is 19.0 Å². The number of nitrogens with zero attached hydrogens (tertiary/aromatic N) is 3. The summed E-state index contributed by atoms with van der Waals surface area (Å²) in [7, 11) is 0. The Labute approximate surface area is 162 Å². The van der Waals surface area contributed by atoms with E-state index in [9.17, 15) is 23.8 Å². The van der Waals surface area contributed by atoms with Gasteiger partial charge in [0, 0.05) is 11.3 Å². The number of anilines is 1. The number of aromatic amines is 1. The molecular formula is C17H17F2N5O3S. The van der Waals surface area contributed by atoms with Gasteiger partial charge in [0.2, 0.25) is 0 Å². The molecular weight excluding hydrogens is 392 g/mol. The molecule has 0 saturated carbocycles. The monoisotopic (exact) mass is 409 g/mol. The quantitative estimate of drug-likeness (QED) is 0.341. The number of H-pyrrole nitrogens is 1. The Kier molecular flexibility index (Phi) is 6.17. The minimum Gasteiger partial charge on any atom is -0.394 e. The molecule has 3 aromatic rings. The molecule has 0 radical (unpaired) electrons. The highest BCUT2D eigenvalue weighted by atomic mass is 32.2. The average Bonchev–Trinajstić information content (AvgIpc) is 2.66. The molecule has 2 heterocycles. The molecule has 11 heteroatoms. The fraction of sp³-hybridized carbons (Fsp3) is 0.294. The summed E-state index contributed by atoms with van der Waals surface area (Å²) < 4.78 is 27.2. The summed E-state index contributed by atoms with van der Waals surface area (Å²) in [5, 5.41) is 22.2. The maximum Gasteiger partial charge on any atom is 0.268 e. The Morgan fingerprint density at radius 1 is 1.32 bits per heavy atom. The molecule has 0 spiro atoms. The lowest BCUT2D eigenvalue weighted by Crippen LogP contribution is -2.35. The highest BCUT2D eigenvalue weighted by Gasteiger charge is 2.18. The third-order valence-corrected chi connectivity index (χ3v) is 4.80. The zero-order chi connectivity index (χ0) is 20.3. The van der Waals surface area contributed by atoms with E-state index in [0.717, 1.165) is 24.0 Å². The summed E-state index contributed by atoms with van der Waals surface area (Å²) in [6, 6.07) is 3.15. The maximum absolute atomic E-state index is 13.8. The summed E-state index contributed by atoms with van der Waals surface area (Å²) in [4.78, 5) is 26.6. The van der Waals surface area contributed by atoms with Crippen molar-refractivity contribution in [3.63, 3.8) is 0 Å². The van der Waals surface area contributed by atoms with Crippen LogP contribution in [0, 0.1) is 11.6 Å². The van der Waals surface area contributed by atoms with Crippen LogP contribution >= 0.6 is 11.8 Å². The van der Waals surface area contributed by atoms with Crippen LogP contribution in [0.4, 0.5) is 14.6 Å². The standard InChI is InChI=1S/C17H17F2N5O3S/c1-8(26)11(6-25)21-15-14-16(22-12(27)5-20-14)24-17(23-15)28-7-9-3-2-4-10(18)13(9)19/h2-5,8,11,25-26H,6-7H2,1H3,(H2,21,22,23,24,27). The maximum atomic E-state index is 13.8. The second-order valence-electron chi connectivity index (χ2n) is 5.98. The molecule has 2 aromatic heterocycles. The molecule has 0 aliphatic rings. The van der Waals surface area contributed by atoms with Crippen molar-refractivity contribution in [3.05, 3.63) is 51.9 Å². The van der Waals surface area contributed by atoms with E-state index in [-0.39, 0.29) is 40.1 Å². The lowest BCUT2D eigenvalue weighted by atomic mass is 10.2. The molecule has 2 atom stereocenters. The minimum absolute atomic E-state index is 0.0544. The van der Waals surface area contributed by atoms with Gasteiger partial charge in [-0.05, 0) is 13.0 Å². The Bertz CT molecular complexity index is 1050. The second kappa shape index (κ2) is 8.59. The molecule has 0 fully saturated rings. The van der Waals surface area contributed by atoms with Gasteiger partial charge in [-0.25, -0.2) is 23.7 Å². The number of benzene rings is 1. The van der Waals surface area contributed by atoms with Gasteiger partial charge in [-0.1, -0.05) is 23.9 Å². The van der Waals surface area contributed by atoms with E-state index in [1.165, 1.54) is 19.1 Å². The summed E-state index contributed by atoms with van der Waals surface area (Å²) in [5.41, 5.74) is 0.0353. The summed E-state index contributed by atoms with van der Waals surface area (Å²) in [5.74, 6) is -1.66. The van der Waals surface area contributed by atoms with E-state index in [1.807, 2.05) is 0 Å². The van der Waals surface area contributed by atoms with Gasteiger partial charge in [-0.15, -0.1) is 0 Å². The molecule has 0 amide bonds. The smallest absolute Gasteiger partial charge is 0.268 e. The normalized spacial score (nSPS) is 13.5. The molecule has 1 aromatic carbocycles. The van der Waals surface area contributed by atoms with Crippen molar-refractivity contribution >= 4 is 28.7 Å². The minimum atomic E-state index is -0.948. The number of thioether (sulfide) groups is 1. The van der Waals surface area contributed by atoms with E-state index in [2.05, 4.69) is 25.3 Å². The zero-order valence-corrected chi connectivity index (χ0v) is 15.5. The fourth-order valence-corrected chi connectivity index (χ4v) is 3.20. The number of rotatable bonds is 7. The molecule has 4 N–H and O–H groups in total. The van der Waals surface area contributed by atoms with Gasteiger partial charge in [0.15, 0.2) is 28.3 Å². The van der Waals surface area contributed by atoms with Crippen LogP contribution in [0.5, 0.6) is 0 Å². The Hall–Kier alpha value is -2.63. The number of halogens is 2. The van der Waals surface area contributed by atoms with Crippen LogP contribution in [0.2, 0.25) is 0 Å². The van der Waals surface area contributed by atoms with Crippen LogP contribution < -0.4 is 10.9 Å². The van der Waals surface area contributed by atoms with Crippen LogP contribution in [0.15, 0.2) is 34.3 Å². The first kappa shape index (κ1) is 20.1. The van der Waals surface area contributed by atoms with E-state index >= 15 is 0 Å². The van der Waals surface area contributed by atoms with Gasteiger partial charge in [0.05, 0.1) is 24.9 Å². The Balaban J connectivity index is 1.96. The first-order valence-electron chi connectivity index (χ1n) is 8.27. The number of hydrogen-bond donors (Lipinski definition) is 4. The summed E-state index contributed by atoms with van der Waals surface area (Å²) in [6.45, 7) is 1.12. The number of hydrogen-bond acceptors (Lipinski definition) is 8. The number of aliphatic hydroxyl groups excluding tert-OH is 2. The van der Waals surface area contributed by atoms with Gasteiger partial charge >= 0.3 is 0 Å². The van der Waals surface area contributed by atoms with Crippen LogP contribution in [0.1, 0.15) is 12.5 Å². The molecule has 0 aliphatic carbocycles. The van der Waals surface area contributed by atoms with Gasteiger partial charge < -0.3 is 20.5 Å². The summed E-state index contributed by atoms with van der Waals surface area (Å²) >= 11 is 1.03. The van der Waals surface area contributed by atoms with Crippen molar-refractivity contribution in [2.45, 2.75) is 30.0 Å². The molecule has 0 saturated heterocycles. The van der Waals surface area contributed by atoms with Crippen molar-refractivity contribution in [3.8, 4) is 0 Å². The third kappa shape index (κ3) is 4.43. The molecule has 8 nitrogen and oxygen atoms in total. The number of aliphatic hydroxyl groups is 2. The third-order valence-electron chi connectivity index (χ3n) is 3.91. The van der Waals surface area contributed by atoms with Crippen LogP contribution in [0.3, 0.4) is 0 Å². The zero-order valence-electron chi connectivity index (χ0n) is 14.7. The van der Waals surface area contributed by atoms with E-state index in [4.69, 9.17) is 0 Å². The highest BCUT2D eigenvalue weighted by Crippen LogP contribution is 2.26. The predicted molar refractivity (Wildman–Crippen MR) is 100 cm³/mol. The second-order valence-corrected chi connectivity index (χ2v) is 6.92. The molecule has 0 bridgehead atoms. The number of fused-ring (bicyclic) bond motifs is 1. The van der Waals surface area contributed by atoms with Crippen molar-refractivity contribution in [2.24, 2.45) is 0 Å². The lowest BCUT2D eigenvalue weighted by Gasteiger charge is -2.20. The number of nitrogens with one attached hydrogen (secondary N) is 2. The van der Waals surface area contributed by atoms with E-state index < -0.39 is 29.3 Å². The number of aromatic nitrogens is 4. The Morgan fingerprint density at radius 3 is 2.82 bits per heavy atom. The van der Waals surface area contributed by atoms with Crippen molar-refractivity contribution in [1.29, 1.82) is 0 Å². The average molecular weight is 409 g/mol. The molecule has 148 valence electrons. The largest absolute Gasteiger partial charge is 0.394 e. The first-order chi connectivity index (χ1) is 13.4. The van der Waals surface area contributed by atoms with Crippen LogP contribution in [0.25, 0.3) is 11.2 Å². The predicted octanol–water partition coefficient (Wildman–Crippen LogP) is 1.44. The topological polar surface area (TPSA) is 124 Å². The lowest BCUT2D eigenvalue weighted by molar-refractivity contribution is 0.132. The van der Waals surface area contributed by atoms with Gasteiger partial charge in [0.25, 0.3) is 5.56 Å². The molecule has 28 heavy (non-hydrogen) atoms. The molecule has 0 aliphatic heterocycles. The van der Waals surface area contributed by atoms with E-state index in [0.29, 0.717) is 0 Å². The van der Waals surface area contributed by atoms with Crippen LogP contribution in [-0.2, 0) is 5.75 Å². The van der Waals surface area contributed by atoms with Crippen molar-refractivity contribution in [1.82, 2.24) is 19.9 Å².